The fourth-order valence-electron chi connectivity index (χ4n) is 2.91. The van der Waals surface area contributed by atoms with Gasteiger partial charge in [0.15, 0.2) is 0 Å². The van der Waals surface area contributed by atoms with Crippen LogP contribution in [0.1, 0.15) is 36.1 Å². The van der Waals surface area contributed by atoms with Crippen LogP contribution in [0.5, 0.6) is 0 Å². The molecule has 0 aliphatic heterocycles. The maximum absolute atomic E-state index is 13.5. The number of nitrogens with one attached hydrogen (secondary N) is 1. The number of aryl methyl sites for hydroxylation is 1. The average Bonchev–Trinajstić information content (AvgIpc) is 2.67. The Balaban J connectivity index is 2.59. The number of rotatable bonds is 6. The summed E-state index contributed by atoms with van der Waals surface area (Å²) in [4.78, 5) is 0. The summed E-state index contributed by atoms with van der Waals surface area (Å²) >= 11 is 0. The lowest BCUT2D eigenvalue weighted by Crippen LogP contribution is -2.08. The van der Waals surface area contributed by atoms with E-state index in [0.717, 1.165) is 34.8 Å². The number of hydrogen-bond acceptors (Lipinski definition) is 2. The predicted molar refractivity (Wildman–Crippen MR) is 112 cm³/mol. The van der Waals surface area contributed by atoms with Gasteiger partial charge in [0, 0.05) is 19.5 Å². The van der Waals surface area contributed by atoms with E-state index >= 15 is 0 Å². The Kier molecular flexibility index (Phi) is 6.53. The molecule has 0 saturated carbocycles. The van der Waals surface area contributed by atoms with Crippen molar-refractivity contribution in [3.8, 4) is 6.07 Å². The maximum atomic E-state index is 13.5. The summed E-state index contributed by atoms with van der Waals surface area (Å²) in [5.74, 6) is -2.89. The topological polar surface area (TPSA) is 35.8 Å². The molecular formula is C24H24F2N2. The van der Waals surface area contributed by atoms with Gasteiger partial charge in [-0.1, -0.05) is 55.1 Å². The highest BCUT2D eigenvalue weighted by atomic mass is 19.3. The van der Waals surface area contributed by atoms with Gasteiger partial charge in [0.1, 0.15) is 11.8 Å². The van der Waals surface area contributed by atoms with E-state index in [-0.39, 0.29) is 5.56 Å². The summed E-state index contributed by atoms with van der Waals surface area (Å²) in [7, 11) is 1.69. The van der Waals surface area contributed by atoms with Gasteiger partial charge in [-0.05, 0) is 53.3 Å². The molecule has 1 N–H and O–H groups in total. The highest BCUT2D eigenvalue weighted by Crippen LogP contribution is 2.33. The summed E-state index contributed by atoms with van der Waals surface area (Å²) < 4.78 is 27.0. The fourth-order valence-corrected chi connectivity index (χ4v) is 2.91. The lowest BCUT2D eigenvalue weighted by molar-refractivity contribution is 0.0175. The number of benzene rings is 2. The number of hydrogen-bond donors (Lipinski definition) is 1. The summed E-state index contributed by atoms with van der Waals surface area (Å²) in [5.41, 5.74) is 5.37. The van der Waals surface area contributed by atoms with Crippen LogP contribution in [0.25, 0.3) is 11.6 Å². The molecule has 0 saturated heterocycles. The van der Waals surface area contributed by atoms with Gasteiger partial charge in [0.25, 0.3) is 5.92 Å². The van der Waals surface area contributed by atoms with E-state index in [1.165, 1.54) is 12.1 Å². The third-order valence-electron chi connectivity index (χ3n) is 4.69. The molecule has 144 valence electrons. The second kappa shape index (κ2) is 8.67. The van der Waals surface area contributed by atoms with E-state index in [4.69, 9.17) is 0 Å². The van der Waals surface area contributed by atoms with Crippen LogP contribution in [-0.4, -0.2) is 7.05 Å². The van der Waals surface area contributed by atoms with Crippen LogP contribution in [0, 0.1) is 18.3 Å². The number of halogens is 2. The van der Waals surface area contributed by atoms with Crippen molar-refractivity contribution in [1.82, 2.24) is 5.32 Å². The molecule has 0 spiro atoms. The summed E-state index contributed by atoms with van der Waals surface area (Å²) in [6.07, 6.45) is 1.98. The van der Waals surface area contributed by atoms with E-state index in [2.05, 4.69) is 18.0 Å². The molecule has 0 amide bonds. The zero-order valence-corrected chi connectivity index (χ0v) is 16.6. The number of alkyl halides is 2. The molecule has 4 heteroatoms. The van der Waals surface area contributed by atoms with Crippen LogP contribution >= 0.6 is 0 Å². The van der Waals surface area contributed by atoms with Gasteiger partial charge in [0.05, 0.1) is 0 Å². The third kappa shape index (κ3) is 4.75. The van der Waals surface area contributed by atoms with Gasteiger partial charge in [0.2, 0.25) is 0 Å². The van der Waals surface area contributed by atoms with Crippen LogP contribution in [0.2, 0.25) is 0 Å². The van der Waals surface area contributed by atoms with E-state index < -0.39 is 5.92 Å². The zero-order valence-electron chi connectivity index (χ0n) is 16.6. The fraction of sp³-hybridized carbons (Fsp3) is 0.208. The Hall–Kier alpha value is -3.19. The first kappa shape index (κ1) is 21.1. The molecule has 0 aliphatic carbocycles. The zero-order chi connectivity index (χ0) is 20.9. The maximum Gasteiger partial charge on any atom is 0.270 e. The number of nitriles is 1. The Labute approximate surface area is 165 Å². The van der Waals surface area contributed by atoms with Crippen molar-refractivity contribution < 1.29 is 8.78 Å². The average molecular weight is 378 g/mol. The van der Waals surface area contributed by atoms with Gasteiger partial charge in [-0.15, -0.1) is 0 Å². The molecule has 0 fully saturated rings. The first-order valence-corrected chi connectivity index (χ1v) is 8.93. The third-order valence-corrected chi connectivity index (χ3v) is 4.69. The number of nitrogens with zero attached hydrogens (tertiary/aromatic N) is 1. The minimum absolute atomic E-state index is 0.0475. The molecule has 2 rings (SSSR count). The minimum atomic E-state index is -2.89. The predicted octanol–water partition coefficient (Wildman–Crippen LogP) is 6.22. The highest BCUT2D eigenvalue weighted by Gasteiger charge is 2.24. The normalized spacial score (nSPS) is 12.8. The standard InChI is InChI=1S/C24H24F2N2/c1-16-8-6-7-9-20(16)14-22(18(3)23(15-27)28-5)17(2)19-10-12-21(13-11-19)24(4,25)26/h6-14,28H,2H2,1,3-5H3/b22-14+,23-18+. The van der Waals surface area contributed by atoms with Gasteiger partial charge in [-0.2, -0.15) is 5.26 Å². The lowest BCUT2D eigenvalue weighted by atomic mass is 9.90. The van der Waals surface area contributed by atoms with Crippen LogP contribution in [0.15, 0.2) is 72.0 Å². The van der Waals surface area contributed by atoms with Crippen molar-refractivity contribution in [2.45, 2.75) is 26.7 Å². The van der Waals surface area contributed by atoms with Gasteiger partial charge >= 0.3 is 0 Å². The molecule has 0 radical (unpaired) electrons. The number of allylic oxidation sites excluding steroid dienone is 4. The monoisotopic (exact) mass is 378 g/mol. The van der Waals surface area contributed by atoms with E-state index in [1.807, 2.05) is 44.2 Å². The Bertz CT molecular complexity index is 969. The van der Waals surface area contributed by atoms with Crippen LogP contribution in [0.3, 0.4) is 0 Å². The largest absolute Gasteiger partial charge is 0.379 e. The Morgan fingerprint density at radius 1 is 1.14 bits per heavy atom. The molecule has 2 aromatic rings. The summed E-state index contributed by atoms with van der Waals surface area (Å²) in [5, 5.41) is 12.3. The van der Waals surface area contributed by atoms with Crippen LogP contribution < -0.4 is 5.32 Å². The SMILES string of the molecule is C=C(C(=C\c1ccccc1C)/C(C)=C(\C#N)NC)c1ccc(C(C)(F)F)cc1. The molecule has 28 heavy (non-hydrogen) atoms. The molecular weight excluding hydrogens is 354 g/mol. The second-order valence-corrected chi connectivity index (χ2v) is 6.72. The van der Waals surface area contributed by atoms with Crippen molar-refractivity contribution in [2.24, 2.45) is 0 Å². The Morgan fingerprint density at radius 2 is 1.75 bits per heavy atom. The molecule has 2 aromatic carbocycles. The van der Waals surface area contributed by atoms with Crippen molar-refractivity contribution in [3.05, 3.63) is 94.2 Å². The smallest absolute Gasteiger partial charge is 0.270 e. The lowest BCUT2D eigenvalue weighted by Gasteiger charge is -2.16. The first-order chi connectivity index (χ1) is 13.2. The van der Waals surface area contributed by atoms with E-state index in [9.17, 15) is 14.0 Å². The quantitative estimate of drug-likeness (QED) is 0.478. The van der Waals surface area contributed by atoms with E-state index in [0.29, 0.717) is 11.3 Å². The second-order valence-electron chi connectivity index (χ2n) is 6.72. The van der Waals surface area contributed by atoms with Gasteiger partial charge in [-0.25, -0.2) is 8.78 Å². The molecule has 0 unspecified atom stereocenters. The van der Waals surface area contributed by atoms with Crippen LogP contribution in [-0.2, 0) is 5.92 Å². The molecule has 0 aromatic heterocycles. The van der Waals surface area contributed by atoms with E-state index in [1.54, 1.807) is 19.2 Å². The van der Waals surface area contributed by atoms with Crippen molar-refractivity contribution in [3.63, 3.8) is 0 Å². The highest BCUT2D eigenvalue weighted by molar-refractivity contribution is 5.88. The molecule has 0 bridgehead atoms. The summed E-state index contributed by atoms with van der Waals surface area (Å²) in [6.45, 7) is 8.91. The van der Waals surface area contributed by atoms with Gasteiger partial charge in [-0.3, -0.25) is 0 Å². The van der Waals surface area contributed by atoms with Gasteiger partial charge < -0.3 is 5.32 Å². The minimum Gasteiger partial charge on any atom is -0.379 e. The van der Waals surface area contributed by atoms with Crippen LogP contribution in [0.4, 0.5) is 8.78 Å². The molecule has 2 nitrogen and oxygen atoms in total. The molecule has 0 heterocycles. The first-order valence-electron chi connectivity index (χ1n) is 8.93. The Morgan fingerprint density at radius 3 is 2.25 bits per heavy atom. The summed E-state index contributed by atoms with van der Waals surface area (Å²) in [6, 6.07) is 16.2. The van der Waals surface area contributed by atoms with Crippen molar-refractivity contribution >= 4 is 11.6 Å². The molecule has 0 aliphatic rings. The van der Waals surface area contributed by atoms with Crippen molar-refractivity contribution in [2.75, 3.05) is 7.05 Å². The van der Waals surface area contributed by atoms with Crippen molar-refractivity contribution in [1.29, 1.82) is 5.26 Å². The molecule has 0 atom stereocenters.